The number of halogens is 1. The maximum Gasteiger partial charge on any atom is 0.224 e. The van der Waals surface area contributed by atoms with Crippen LogP contribution in [0.2, 0.25) is 0 Å². The van der Waals surface area contributed by atoms with Gasteiger partial charge in [-0.2, -0.15) is 0 Å². The average Bonchev–Trinajstić information content (AvgIpc) is 2.58. The Labute approximate surface area is 150 Å². The van der Waals surface area contributed by atoms with Crippen molar-refractivity contribution in [3.05, 3.63) is 60.1 Å². The Bertz CT molecular complexity index is 914. The van der Waals surface area contributed by atoms with Gasteiger partial charge in [0.05, 0.1) is 18.1 Å². The van der Waals surface area contributed by atoms with E-state index in [1.165, 1.54) is 24.7 Å². The van der Waals surface area contributed by atoms with Crippen LogP contribution in [0.25, 0.3) is 0 Å². The fraction of sp³-hybridized carbons (Fsp3) is 0.222. The van der Waals surface area contributed by atoms with Crippen molar-refractivity contribution >= 4 is 11.6 Å². The Kier molecular flexibility index (Phi) is 4.66. The molecular weight excluding hydrogens is 335 g/mol. The van der Waals surface area contributed by atoms with E-state index < -0.39 is 5.82 Å². The molecule has 1 aromatic carbocycles. The minimum atomic E-state index is -0.490. The summed E-state index contributed by atoms with van der Waals surface area (Å²) in [6, 6.07) is 6.26. The van der Waals surface area contributed by atoms with Crippen molar-refractivity contribution in [2.45, 2.75) is 25.7 Å². The second kappa shape index (κ2) is 6.91. The summed E-state index contributed by atoms with van der Waals surface area (Å²) in [7, 11) is 0. The number of nitrogens with zero attached hydrogens (tertiary/aromatic N) is 4. The van der Waals surface area contributed by atoms with Crippen molar-refractivity contribution in [3.8, 4) is 11.6 Å². The van der Waals surface area contributed by atoms with Gasteiger partial charge in [0.25, 0.3) is 0 Å². The number of nitrogens with two attached hydrogens (primary N) is 2. The number of hydrogen-bond acceptors (Lipinski definition) is 7. The van der Waals surface area contributed by atoms with Gasteiger partial charge in [-0.25, -0.2) is 19.3 Å². The van der Waals surface area contributed by atoms with Gasteiger partial charge in [0.1, 0.15) is 18.0 Å². The van der Waals surface area contributed by atoms with Crippen molar-refractivity contribution in [2.75, 3.05) is 11.5 Å². The highest BCUT2D eigenvalue weighted by Crippen LogP contribution is 2.31. The van der Waals surface area contributed by atoms with Crippen LogP contribution < -0.4 is 16.2 Å². The third-order valence-corrected chi connectivity index (χ3v) is 3.94. The standard InChI is InChI=1S/C18H19FN6O/c1-18(2,7-12-8-23-16(21)9-22-12)11-3-4-14(13(19)5-11)26-17-6-15(20)24-10-25-17/h3-6,8-10H,7H2,1-2H3,(H2,21,23)(H2,20,24,25). The van der Waals surface area contributed by atoms with Gasteiger partial charge >= 0.3 is 0 Å². The van der Waals surface area contributed by atoms with E-state index in [-0.39, 0.29) is 22.9 Å². The lowest BCUT2D eigenvalue weighted by Gasteiger charge is -2.25. The van der Waals surface area contributed by atoms with E-state index >= 15 is 0 Å². The molecule has 7 nitrogen and oxygen atoms in total. The lowest BCUT2D eigenvalue weighted by molar-refractivity contribution is 0.423. The Morgan fingerprint density at radius 1 is 1.00 bits per heavy atom. The van der Waals surface area contributed by atoms with Crippen LogP contribution in [0.15, 0.2) is 43.0 Å². The second-order valence-corrected chi connectivity index (χ2v) is 6.52. The van der Waals surface area contributed by atoms with Gasteiger partial charge < -0.3 is 16.2 Å². The summed E-state index contributed by atoms with van der Waals surface area (Å²) in [5.74, 6) is 0.369. The Morgan fingerprint density at radius 2 is 1.81 bits per heavy atom. The summed E-state index contributed by atoms with van der Waals surface area (Å²) in [5.41, 5.74) is 12.4. The van der Waals surface area contributed by atoms with Crippen LogP contribution in [-0.2, 0) is 11.8 Å². The minimum absolute atomic E-state index is 0.0647. The molecule has 0 aliphatic heterocycles. The number of ether oxygens (including phenoxy) is 1. The van der Waals surface area contributed by atoms with Crippen LogP contribution in [0, 0.1) is 5.82 Å². The van der Waals surface area contributed by atoms with Gasteiger partial charge in [-0.15, -0.1) is 0 Å². The molecule has 0 radical (unpaired) electrons. The first-order valence-electron chi connectivity index (χ1n) is 7.95. The first-order chi connectivity index (χ1) is 12.3. The van der Waals surface area contributed by atoms with Crippen LogP contribution in [0.5, 0.6) is 11.6 Å². The van der Waals surface area contributed by atoms with E-state index in [2.05, 4.69) is 19.9 Å². The molecule has 0 unspecified atom stereocenters. The zero-order valence-corrected chi connectivity index (χ0v) is 14.5. The molecule has 2 aromatic heterocycles. The van der Waals surface area contributed by atoms with Crippen LogP contribution in [-0.4, -0.2) is 19.9 Å². The van der Waals surface area contributed by atoms with Gasteiger partial charge in [0.15, 0.2) is 11.6 Å². The molecule has 3 aromatic rings. The molecule has 134 valence electrons. The third-order valence-electron chi connectivity index (χ3n) is 3.94. The van der Waals surface area contributed by atoms with Crippen LogP contribution in [0.3, 0.4) is 0 Å². The lowest BCUT2D eigenvalue weighted by atomic mass is 9.80. The summed E-state index contributed by atoms with van der Waals surface area (Å²) in [5, 5.41) is 0. The molecule has 0 bridgehead atoms. The molecular formula is C18H19FN6O. The van der Waals surface area contributed by atoms with E-state index in [9.17, 15) is 4.39 Å². The number of hydrogen-bond donors (Lipinski definition) is 2. The quantitative estimate of drug-likeness (QED) is 0.724. The molecule has 0 saturated carbocycles. The molecule has 0 saturated heterocycles. The number of benzene rings is 1. The fourth-order valence-electron chi connectivity index (χ4n) is 2.54. The maximum absolute atomic E-state index is 14.5. The Hall–Kier alpha value is -3.29. The lowest BCUT2D eigenvalue weighted by Crippen LogP contribution is -2.21. The number of aromatic nitrogens is 4. The number of anilines is 2. The fourth-order valence-corrected chi connectivity index (χ4v) is 2.54. The largest absolute Gasteiger partial charge is 0.436 e. The van der Waals surface area contributed by atoms with Crippen molar-refractivity contribution in [1.82, 2.24) is 19.9 Å². The van der Waals surface area contributed by atoms with Gasteiger partial charge in [-0.1, -0.05) is 19.9 Å². The SMILES string of the molecule is CC(C)(Cc1cnc(N)cn1)c1ccc(Oc2cc(N)ncn2)c(F)c1. The monoisotopic (exact) mass is 354 g/mol. The highest BCUT2D eigenvalue weighted by Gasteiger charge is 2.23. The first kappa shape index (κ1) is 17.5. The van der Waals surface area contributed by atoms with Gasteiger partial charge in [-0.3, -0.25) is 4.98 Å². The topological polar surface area (TPSA) is 113 Å². The van der Waals surface area contributed by atoms with Crippen molar-refractivity contribution in [1.29, 1.82) is 0 Å². The highest BCUT2D eigenvalue weighted by atomic mass is 19.1. The Morgan fingerprint density at radius 3 is 2.46 bits per heavy atom. The van der Waals surface area contributed by atoms with Gasteiger partial charge in [-0.05, 0) is 23.1 Å². The molecule has 0 aliphatic carbocycles. The predicted molar refractivity (Wildman–Crippen MR) is 96.1 cm³/mol. The van der Waals surface area contributed by atoms with Crippen LogP contribution >= 0.6 is 0 Å². The molecule has 0 atom stereocenters. The zero-order chi connectivity index (χ0) is 18.7. The summed E-state index contributed by atoms with van der Waals surface area (Å²) < 4.78 is 20.0. The van der Waals surface area contributed by atoms with E-state index in [0.29, 0.717) is 12.2 Å². The molecule has 2 heterocycles. The average molecular weight is 354 g/mol. The number of rotatable bonds is 5. The molecule has 0 spiro atoms. The van der Waals surface area contributed by atoms with E-state index in [0.717, 1.165) is 11.3 Å². The van der Waals surface area contributed by atoms with Crippen LogP contribution in [0.1, 0.15) is 25.1 Å². The highest BCUT2D eigenvalue weighted by molar-refractivity contribution is 5.38. The van der Waals surface area contributed by atoms with E-state index in [4.69, 9.17) is 16.2 Å². The van der Waals surface area contributed by atoms with Crippen molar-refractivity contribution < 1.29 is 9.13 Å². The molecule has 26 heavy (non-hydrogen) atoms. The normalized spacial score (nSPS) is 11.3. The van der Waals surface area contributed by atoms with Crippen molar-refractivity contribution in [3.63, 3.8) is 0 Å². The summed E-state index contributed by atoms with van der Waals surface area (Å²) in [6.07, 6.45) is 4.98. The Balaban J connectivity index is 1.80. The van der Waals surface area contributed by atoms with E-state index in [1.807, 2.05) is 19.9 Å². The molecule has 4 N–H and O–H groups in total. The second-order valence-electron chi connectivity index (χ2n) is 6.52. The molecule has 0 amide bonds. The molecule has 8 heteroatoms. The molecule has 0 fully saturated rings. The number of nitrogen functional groups attached to an aromatic ring is 2. The molecule has 3 rings (SSSR count). The maximum atomic E-state index is 14.5. The predicted octanol–water partition coefficient (Wildman–Crippen LogP) is 2.88. The van der Waals surface area contributed by atoms with Crippen LogP contribution in [0.4, 0.5) is 16.0 Å². The zero-order valence-electron chi connectivity index (χ0n) is 14.5. The van der Waals surface area contributed by atoms with E-state index in [1.54, 1.807) is 12.3 Å². The molecule has 0 aliphatic rings. The summed E-state index contributed by atoms with van der Waals surface area (Å²) in [6.45, 7) is 4.01. The summed E-state index contributed by atoms with van der Waals surface area (Å²) in [4.78, 5) is 16.0. The van der Waals surface area contributed by atoms with Gasteiger partial charge in [0.2, 0.25) is 5.88 Å². The van der Waals surface area contributed by atoms with Gasteiger partial charge in [0, 0.05) is 12.5 Å². The summed E-state index contributed by atoms with van der Waals surface area (Å²) >= 11 is 0. The third kappa shape index (κ3) is 4.02. The smallest absolute Gasteiger partial charge is 0.224 e. The first-order valence-corrected chi connectivity index (χ1v) is 7.95. The van der Waals surface area contributed by atoms with Crippen molar-refractivity contribution in [2.24, 2.45) is 0 Å². The minimum Gasteiger partial charge on any atom is -0.436 e.